The van der Waals surface area contributed by atoms with Crippen molar-refractivity contribution >= 4 is 29.6 Å². The first-order chi connectivity index (χ1) is 16.2. The second kappa shape index (κ2) is 11.1. The summed E-state index contributed by atoms with van der Waals surface area (Å²) in [5.41, 5.74) is 5.20. The number of aromatic nitrogens is 2. The highest BCUT2D eigenvalue weighted by atomic mass is 32.1. The van der Waals surface area contributed by atoms with Crippen LogP contribution < -0.4 is 4.74 Å². The van der Waals surface area contributed by atoms with Crippen molar-refractivity contribution in [3.8, 4) is 22.8 Å². The number of esters is 1. The zero-order valence-electron chi connectivity index (χ0n) is 18.7. The Hall–Kier alpha value is -3.25. The Labute approximate surface area is 199 Å². The molecule has 0 bridgehead atoms. The van der Waals surface area contributed by atoms with Crippen molar-refractivity contribution in [2.75, 3.05) is 13.7 Å². The summed E-state index contributed by atoms with van der Waals surface area (Å²) in [5, 5.41) is 0. The lowest BCUT2D eigenvalue weighted by Gasteiger charge is -2.11. The van der Waals surface area contributed by atoms with Crippen LogP contribution in [0.3, 0.4) is 0 Å². The lowest BCUT2D eigenvalue weighted by atomic mass is 10.2. The van der Waals surface area contributed by atoms with Gasteiger partial charge in [-0.3, -0.25) is 9.36 Å². The van der Waals surface area contributed by atoms with E-state index in [1.807, 2.05) is 30.3 Å². The van der Waals surface area contributed by atoms with Crippen molar-refractivity contribution in [2.24, 2.45) is 0 Å². The smallest absolute Gasteiger partial charge is 0.305 e. The van der Waals surface area contributed by atoms with E-state index in [-0.39, 0.29) is 5.97 Å². The highest BCUT2D eigenvalue weighted by molar-refractivity contribution is 7.79. The number of ether oxygens (including phenoxy) is 2. The maximum atomic E-state index is 11.2. The number of benzene rings is 3. The van der Waals surface area contributed by atoms with Gasteiger partial charge in [0.15, 0.2) is 0 Å². The Kier molecular flexibility index (Phi) is 7.68. The predicted molar refractivity (Wildman–Crippen MR) is 135 cm³/mol. The van der Waals surface area contributed by atoms with Gasteiger partial charge in [0.25, 0.3) is 0 Å². The van der Waals surface area contributed by atoms with Crippen LogP contribution in [0.1, 0.15) is 31.2 Å². The van der Waals surface area contributed by atoms with Crippen molar-refractivity contribution in [3.63, 3.8) is 0 Å². The molecule has 5 nitrogen and oxygen atoms in total. The fourth-order valence-electron chi connectivity index (χ4n) is 3.78. The standard InChI is InChI=1S/C27H28N2O3S/c1-31-26(30)10-6-3-7-17-32-23-15-16-25-24(18-23)28-27(21-8-4-2-5-9-21)29(25)22-13-11-20(19-33)12-14-22/h2,4-5,8-9,11-16,18,33H,3,6-7,10,17,19H2,1H3. The maximum absolute atomic E-state index is 11.2. The van der Waals surface area contributed by atoms with E-state index in [1.165, 1.54) is 12.7 Å². The van der Waals surface area contributed by atoms with E-state index in [1.54, 1.807) is 0 Å². The highest BCUT2D eigenvalue weighted by Gasteiger charge is 2.15. The summed E-state index contributed by atoms with van der Waals surface area (Å²) in [6.45, 7) is 0.601. The van der Waals surface area contributed by atoms with E-state index in [0.29, 0.717) is 18.8 Å². The van der Waals surface area contributed by atoms with Crippen LogP contribution in [0, 0.1) is 0 Å². The van der Waals surface area contributed by atoms with Crippen LogP contribution in [0.4, 0.5) is 0 Å². The number of nitrogens with zero attached hydrogens (tertiary/aromatic N) is 2. The highest BCUT2D eigenvalue weighted by Crippen LogP contribution is 2.31. The zero-order valence-corrected chi connectivity index (χ0v) is 19.6. The van der Waals surface area contributed by atoms with Gasteiger partial charge in [-0.15, -0.1) is 0 Å². The molecule has 0 N–H and O–H groups in total. The molecule has 0 unspecified atom stereocenters. The molecule has 1 heterocycles. The number of rotatable bonds is 10. The molecule has 4 rings (SSSR count). The van der Waals surface area contributed by atoms with Gasteiger partial charge in [-0.1, -0.05) is 42.5 Å². The number of methoxy groups -OCH3 is 1. The van der Waals surface area contributed by atoms with Crippen molar-refractivity contribution in [3.05, 3.63) is 78.4 Å². The van der Waals surface area contributed by atoms with Crippen LogP contribution in [-0.4, -0.2) is 29.2 Å². The topological polar surface area (TPSA) is 53.4 Å². The van der Waals surface area contributed by atoms with E-state index in [2.05, 4.69) is 64.4 Å². The second-order valence-corrected chi connectivity index (χ2v) is 8.16. The van der Waals surface area contributed by atoms with Crippen molar-refractivity contribution < 1.29 is 14.3 Å². The molecule has 1 aromatic heterocycles. The Bertz CT molecular complexity index is 1200. The molecular weight excluding hydrogens is 432 g/mol. The van der Waals surface area contributed by atoms with E-state index >= 15 is 0 Å². The van der Waals surface area contributed by atoms with Crippen molar-refractivity contribution in [1.82, 2.24) is 9.55 Å². The number of imidazole rings is 1. The SMILES string of the molecule is COC(=O)CCCCCOc1ccc2c(c1)nc(-c1ccccc1)n2-c1ccc(CS)cc1. The summed E-state index contributed by atoms with van der Waals surface area (Å²) in [5.74, 6) is 2.24. The number of hydrogen-bond acceptors (Lipinski definition) is 5. The summed E-state index contributed by atoms with van der Waals surface area (Å²) >= 11 is 4.37. The van der Waals surface area contributed by atoms with E-state index in [4.69, 9.17) is 9.72 Å². The molecule has 0 fully saturated rings. The molecule has 170 valence electrons. The molecule has 0 spiro atoms. The minimum atomic E-state index is -0.161. The van der Waals surface area contributed by atoms with Gasteiger partial charge < -0.3 is 9.47 Å². The fraction of sp³-hybridized carbons (Fsp3) is 0.259. The molecular formula is C27H28N2O3S. The van der Waals surface area contributed by atoms with E-state index < -0.39 is 0 Å². The molecule has 6 heteroatoms. The third kappa shape index (κ3) is 5.57. The molecule has 0 saturated heterocycles. The second-order valence-electron chi connectivity index (χ2n) is 7.85. The van der Waals surface area contributed by atoms with Gasteiger partial charge in [-0.05, 0) is 49.1 Å². The largest absolute Gasteiger partial charge is 0.494 e. The first kappa shape index (κ1) is 22.9. The van der Waals surface area contributed by atoms with Crippen LogP contribution in [-0.2, 0) is 15.3 Å². The molecule has 3 aromatic carbocycles. The normalized spacial score (nSPS) is 11.0. The van der Waals surface area contributed by atoms with Crippen LogP contribution in [0.5, 0.6) is 5.75 Å². The Balaban J connectivity index is 1.56. The number of carbonyl (C=O) groups is 1. The van der Waals surface area contributed by atoms with E-state index in [9.17, 15) is 4.79 Å². The molecule has 0 amide bonds. The molecule has 0 aliphatic heterocycles. The van der Waals surface area contributed by atoms with Gasteiger partial charge in [0.1, 0.15) is 11.6 Å². The van der Waals surface area contributed by atoms with Crippen molar-refractivity contribution in [1.29, 1.82) is 0 Å². The maximum Gasteiger partial charge on any atom is 0.305 e. The third-order valence-corrected chi connectivity index (χ3v) is 5.92. The number of thiol groups is 1. The summed E-state index contributed by atoms with van der Waals surface area (Å²) < 4.78 is 12.8. The molecule has 0 aliphatic carbocycles. The minimum absolute atomic E-state index is 0.161. The van der Waals surface area contributed by atoms with Gasteiger partial charge in [0, 0.05) is 29.5 Å². The summed E-state index contributed by atoms with van der Waals surface area (Å²) in [7, 11) is 1.42. The summed E-state index contributed by atoms with van der Waals surface area (Å²) in [6, 6.07) is 24.7. The number of carbonyl (C=O) groups excluding carboxylic acids is 1. The molecule has 0 aliphatic rings. The first-order valence-corrected chi connectivity index (χ1v) is 11.8. The molecule has 33 heavy (non-hydrogen) atoms. The van der Waals surface area contributed by atoms with E-state index in [0.717, 1.165) is 53.1 Å². The Morgan fingerprint density at radius 2 is 1.76 bits per heavy atom. The quantitative estimate of drug-likeness (QED) is 0.173. The van der Waals surface area contributed by atoms with Gasteiger partial charge >= 0.3 is 5.97 Å². The van der Waals surface area contributed by atoms with Crippen LogP contribution in [0.2, 0.25) is 0 Å². The lowest BCUT2D eigenvalue weighted by molar-refractivity contribution is -0.140. The van der Waals surface area contributed by atoms with Crippen molar-refractivity contribution in [2.45, 2.75) is 31.4 Å². The summed E-state index contributed by atoms with van der Waals surface area (Å²) in [6.07, 6.45) is 3.08. The third-order valence-electron chi connectivity index (χ3n) is 5.56. The molecule has 4 aromatic rings. The Morgan fingerprint density at radius 3 is 2.48 bits per heavy atom. The van der Waals surface area contributed by atoms with Crippen LogP contribution in [0.15, 0.2) is 72.8 Å². The van der Waals surface area contributed by atoms with Crippen LogP contribution >= 0.6 is 12.6 Å². The fourth-order valence-corrected chi connectivity index (χ4v) is 3.99. The van der Waals surface area contributed by atoms with Crippen LogP contribution in [0.25, 0.3) is 28.1 Å². The summed E-state index contributed by atoms with van der Waals surface area (Å²) in [4.78, 5) is 16.2. The molecule has 0 saturated carbocycles. The minimum Gasteiger partial charge on any atom is -0.494 e. The van der Waals surface area contributed by atoms with Gasteiger partial charge in [-0.25, -0.2) is 4.98 Å². The zero-order chi connectivity index (χ0) is 23.0. The van der Waals surface area contributed by atoms with Gasteiger partial charge in [0.2, 0.25) is 0 Å². The number of unbranched alkanes of at least 4 members (excludes halogenated alkanes) is 2. The molecule has 0 atom stereocenters. The number of fused-ring (bicyclic) bond motifs is 1. The lowest BCUT2D eigenvalue weighted by Crippen LogP contribution is -2.01. The average Bonchev–Trinajstić information content (AvgIpc) is 3.25. The first-order valence-electron chi connectivity index (χ1n) is 11.2. The Morgan fingerprint density at radius 1 is 0.970 bits per heavy atom. The van der Waals surface area contributed by atoms with Gasteiger partial charge in [0.05, 0.1) is 24.8 Å². The number of hydrogen-bond donors (Lipinski definition) is 1. The van der Waals surface area contributed by atoms with Gasteiger partial charge in [-0.2, -0.15) is 12.6 Å². The molecule has 0 radical (unpaired) electrons. The monoisotopic (exact) mass is 460 g/mol. The average molecular weight is 461 g/mol. The predicted octanol–water partition coefficient (Wildman–Crippen LogP) is 6.23.